The number of halogens is 4. The normalized spacial score (nSPS) is 25.0. The lowest BCUT2D eigenvalue weighted by atomic mass is 9.87. The van der Waals surface area contributed by atoms with Gasteiger partial charge in [0.1, 0.15) is 5.66 Å². The van der Waals surface area contributed by atoms with Gasteiger partial charge in [0.15, 0.2) is 11.5 Å². The van der Waals surface area contributed by atoms with Gasteiger partial charge < -0.3 is 20.9 Å². The molecule has 0 bridgehead atoms. The van der Waals surface area contributed by atoms with E-state index in [1.54, 1.807) is 0 Å². The second-order valence-electron chi connectivity index (χ2n) is 6.66. The molecule has 7 nitrogen and oxygen atoms in total. The standard InChI is InChI=1S/C16H17F4N5O2/c17-15(18)16(19,20)27-11-9(5-4-6-10(11)26-15)25-13(22)23-12(21)24-14(25)7-2-1-3-8-14/h4-6H,1-3,7-8H2,(H4,21,22,23,24). The third-order valence-electron chi connectivity index (χ3n) is 4.86. The van der Waals surface area contributed by atoms with Gasteiger partial charge in [-0.2, -0.15) is 22.6 Å². The van der Waals surface area contributed by atoms with E-state index in [1.165, 1.54) is 17.0 Å². The first-order valence-electron chi connectivity index (χ1n) is 8.42. The van der Waals surface area contributed by atoms with Crippen molar-refractivity contribution in [3.05, 3.63) is 18.2 Å². The number of nitrogens with zero attached hydrogens (tertiary/aromatic N) is 3. The van der Waals surface area contributed by atoms with Gasteiger partial charge in [0, 0.05) is 0 Å². The molecule has 4 rings (SSSR count). The van der Waals surface area contributed by atoms with Crippen molar-refractivity contribution in [3.8, 4) is 11.5 Å². The Morgan fingerprint density at radius 2 is 1.63 bits per heavy atom. The summed E-state index contributed by atoms with van der Waals surface area (Å²) < 4.78 is 63.2. The Morgan fingerprint density at radius 3 is 2.33 bits per heavy atom. The third kappa shape index (κ3) is 2.63. The highest BCUT2D eigenvalue weighted by Gasteiger charge is 2.66. The van der Waals surface area contributed by atoms with Crippen LogP contribution in [0, 0.1) is 0 Å². The van der Waals surface area contributed by atoms with Crippen molar-refractivity contribution in [1.29, 1.82) is 0 Å². The summed E-state index contributed by atoms with van der Waals surface area (Å²) in [5, 5.41) is 0. The summed E-state index contributed by atoms with van der Waals surface area (Å²) in [6.45, 7) is 0. The molecule has 1 fully saturated rings. The molecule has 2 heterocycles. The molecule has 0 unspecified atom stereocenters. The van der Waals surface area contributed by atoms with Crippen LogP contribution >= 0.6 is 0 Å². The van der Waals surface area contributed by atoms with E-state index in [1.807, 2.05) is 0 Å². The van der Waals surface area contributed by atoms with Gasteiger partial charge in [0.25, 0.3) is 0 Å². The smallest absolute Gasteiger partial charge is 0.421 e. The molecule has 2 aliphatic heterocycles. The maximum Gasteiger partial charge on any atom is 0.507 e. The molecule has 0 atom stereocenters. The maximum absolute atomic E-state index is 13.8. The van der Waals surface area contributed by atoms with Crippen molar-refractivity contribution in [2.45, 2.75) is 50.0 Å². The molecule has 1 saturated carbocycles. The fourth-order valence-corrected chi connectivity index (χ4v) is 3.72. The second-order valence-corrected chi connectivity index (χ2v) is 6.66. The summed E-state index contributed by atoms with van der Waals surface area (Å²) in [7, 11) is 0. The van der Waals surface area contributed by atoms with Crippen molar-refractivity contribution >= 4 is 17.6 Å². The van der Waals surface area contributed by atoms with Crippen LogP contribution in [-0.4, -0.2) is 29.8 Å². The van der Waals surface area contributed by atoms with Crippen LogP contribution in [0.25, 0.3) is 0 Å². The van der Waals surface area contributed by atoms with Gasteiger partial charge in [0.05, 0.1) is 5.69 Å². The monoisotopic (exact) mass is 387 g/mol. The number of aliphatic imine (C=N–C) groups is 2. The molecule has 0 radical (unpaired) electrons. The molecule has 11 heteroatoms. The highest BCUT2D eigenvalue weighted by atomic mass is 19.3. The Kier molecular flexibility index (Phi) is 3.69. The number of guanidine groups is 2. The molecule has 3 aliphatic rings. The molecule has 1 aromatic rings. The van der Waals surface area contributed by atoms with Crippen molar-refractivity contribution < 1.29 is 27.0 Å². The average molecular weight is 387 g/mol. The predicted molar refractivity (Wildman–Crippen MR) is 89.1 cm³/mol. The number of anilines is 1. The SMILES string of the molecule is NC1=NC2(CCCCC2)N(c2cccc3c2OC(F)(F)C(F)(F)O3)C(N)=N1. The van der Waals surface area contributed by atoms with Crippen LogP contribution in [0.1, 0.15) is 32.1 Å². The first kappa shape index (κ1) is 17.7. The highest BCUT2D eigenvalue weighted by molar-refractivity contribution is 6.06. The van der Waals surface area contributed by atoms with E-state index in [9.17, 15) is 17.6 Å². The van der Waals surface area contributed by atoms with Crippen LogP contribution in [0.3, 0.4) is 0 Å². The Balaban J connectivity index is 1.85. The zero-order valence-electron chi connectivity index (χ0n) is 14.1. The van der Waals surface area contributed by atoms with E-state index in [0.29, 0.717) is 12.8 Å². The van der Waals surface area contributed by atoms with Crippen LogP contribution in [0.4, 0.5) is 23.2 Å². The number of benzene rings is 1. The van der Waals surface area contributed by atoms with Gasteiger partial charge in [-0.15, -0.1) is 0 Å². The molecule has 1 aromatic carbocycles. The molecular weight excluding hydrogens is 370 g/mol. The van der Waals surface area contributed by atoms with Crippen molar-refractivity contribution in [2.24, 2.45) is 21.5 Å². The van der Waals surface area contributed by atoms with E-state index in [2.05, 4.69) is 19.5 Å². The summed E-state index contributed by atoms with van der Waals surface area (Å²) >= 11 is 0. The second kappa shape index (κ2) is 5.64. The molecule has 1 spiro atoms. The number of para-hydroxylation sites is 1. The zero-order valence-corrected chi connectivity index (χ0v) is 14.1. The average Bonchev–Trinajstić information content (AvgIpc) is 2.56. The first-order valence-corrected chi connectivity index (χ1v) is 8.42. The maximum atomic E-state index is 13.8. The van der Waals surface area contributed by atoms with E-state index in [4.69, 9.17) is 11.5 Å². The highest BCUT2D eigenvalue weighted by Crippen LogP contribution is 2.52. The molecule has 146 valence electrons. The van der Waals surface area contributed by atoms with Gasteiger partial charge in [-0.05, 0) is 37.8 Å². The first-order chi connectivity index (χ1) is 12.7. The quantitative estimate of drug-likeness (QED) is 0.722. The molecule has 0 amide bonds. The van der Waals surface area contributed by atoms with Crippen molar-refractivity contribution in [2.75, 3.05) is 4.90 Å². The van der Waals surface area contributed by atoms with Crippen LogP contribution in [0.2, 0.25) is 0 Å². The molecular formula is C16H17F4N5O2. The van der Waals surface area contributed by atoms with Crippen molar-refractivity contribution in [1.82, 2.24) is 0 Å². The molecule has 0 aromatic heterocycles. The Bertz CT molecular complexity index is 836. The van der Waals surface area contributed by atoms with Gasteiger partial charge in [-0.25, -0.2) is 4.99 Å². The largest absolute Gasteiger partial charge is 0.507 e. The summed E-state index contributed by atoms with van der Waals surface area (Å²) in [4.78, 5) is 9.76. The topological polar surface area (TPSA) is 98.5 Å². The number of hydrogen-bond donors (Lipinski definition) is 2. The van der Waals surface area contributed by atoms with Crippen LogP contribution in [0.15, 0.2) is 28.2 Å². The number of ether oxygens (including phenoxy) is 2. The summed E-state index contributed by atoms with van der Waals surface area (Å²) in [5.74, 6) is -1.18. The van der Waals surface area contributed by atoms with Crippen LogP contribution in [-0.2, 0) is 0 Å². The zero-order chi connectivity index (χ0) is 19.4. The summed E-state index contributed by atoms with van der Waals surface area (Å²) in [5.41, 5.74) is 10.9. The van der Waals surface area contributed by atoms with Gasteiger partial charge in [0.2, 0.25) is 11.9 Å². The fraction of sp³-hybridized carbons (Fsp3) is 0.500. The van der Waals surface area contributed by atoms with Gasteiger partial charge >= 0.3 is 12.2 Å². The number of alkyl halides is 4. The number of hydrogen-bond acceptors (Lipinski definition) is 7. The number of nitrogens with two attached hydrogens (primary N) is 2. The molecule has 4 N–H and O–H groups in total. The minimum absolute atomic E-state index is 0.0158. The van der Waals surface area contributed by atoms with E-state index in [0.717, 1.165) is 25.3 Å². The van der Waals surface area contributed by atoms with Crippen LogP contribution in [0.5, 0.6) is 11.5 Å². The Hall–Kier alpha value is -2.72. The van der Waals surface area contributed by atoms with E-state index < -0.39 is 29.4 Å². The molecule has 0 saturated heterocycles. The predicted octanol–water partition coefficient (Wildman–Crippen LogP) is 2.75. The third-order valence-corrected chi connectivity index (χ3v) is 4.86. The number of fused-ring (bicyclic) bond motifs is 1. The molecule has 1 aliphatic carbocycles. The number of rotatable bonds is 1. The lowest BCUT2D eigenvalue weighted by Gasteiger charge is -2.46. The minimum Gasteiger partial charge on any atom is -0.421 e. The van der Waals surface area contributed by atoms with E-state index in [-0.39, 0.29) is 17.6 Å². The Labute approximate surface area is 151 Å². The lowest BCUT2D eigenvalue weighted by Crippen LogP contribution is -2.59. The molecule has 27 heavy (non-hydrogen) atoms. The lowest BCUT2D eigenvalue weighted by molar-refractivity contribution is -0.391. The van der Waals surface area contributed by atoms with Gasteiger partial charge in [-0.1, -0.05) is 12.5 Å². The fourth-order valence-electron chi connectivity index (χ4n) is 3.72. The van der Waals surface area contributed by atoms with Crippen molar-refractivity contribution in [3.63, 3.8) is 0 Å². The summed E-state index contributed by atoms with van der Waals surface area (Å²) in [6, 6.07) is 3.91. The minimum atomic E-state index is -4.85. The Morgan fingerprint density at radius 1 is 0.963 bits per heavy atom. The van der Waals surface area contributed by atoms with E-state index >= 15 is 0 Å². The van der Waals surface area contributed by atoms with Gasteiger partial charge in [-0.3, -0.25) is 4.90 Å². The summed E-state index contributed by atoms with van der Waals surface area (Å²) in [6.07, 6.45) is -5.98. The van der Waals surface area contributed by atoms with Crippen LogP contribution < -0.4 is 25.8 Å².